The maximum absolute atomic E-state index is 3.18. The van der Waals surface area contributed by atoms with Crippen LogP contribution in [-0.4, -0.2) is 0 Å². The molecule has 0 radical (unpaired) electrons. The molecule has 116 valence electrons. The molecule has 0 bridgehead atoms. The van der Waals surface area contributed by atoms with Gasteiger partial charge >= 0.3 is 19.5 Å². The molecule has 1 heteroatoms. The van der Waals surface area contributed by atoms with E-state index in [-0.39, 0.29) is 19.5 Å². The summed E-state index contributed by atoms with van der Waals surface area (Å²) in [6, 6.07) is 42.9. The molecule has 0 saturated carbocycles. The van der Waals surface area contributed by atoms with Gasteiger partial charge in [-0.3, -0.25) is 0 Å². The van der Waals surface area contributed by atoms with Crippen LogP contribution >= 0.6 is 0 Å². The van der Waals surface area contributed by atoms with Gasteiger partial charge in [0.15, 0.2) is 0 Å². The maximum Gasteiger partial charge on any atom is 2.00 e. The smallest absolute Gasteiger partial charge is 0.147 e. The molecule has 25 heavy (non-hydrogen) atoms. The van der Waals surface area contributed by atoms with E-state index >= 15 is 0 Å². The van der Waals surface area contributed by atoms with Crippen LogP contribution < -0.4 is 0 Å². The van der Waals surface area contributed by atoms with Gasteiger partial charge in [-0.05, 0) is 0 Å². The minimum atomic E-state index is 0. The molecular weight excluding hydrogens is 354 g/mol. The standard InChI is InChI=1S/2C12H9.Zn/c2*1-3-7-11(8-4-1)12-9-5-2-6-10-12;/h2*1-9H;/q2*-1;+2. The number of benzene rings is 4. The topological polar surface area (TPSA) is 0 Å². The molecule has 0 aromatic heterocycles. The average molecular weight is 372 g/mol. The Morgan fingerprint density at radius 3 is 1.08 bits per heavy atom. The van der Waals surface area contributed by atoms with E-state index in [1.807, 2.05) is 72.8 Å². The zero-order chi connectivity index (χ0) is 16.5. The van der Waals surface area contributed by atoms with Crippen molar-refractivity contribution in [1.82, 2.24) is 0 Å². The van der Waals surface area contributed by atoms with Crippen molar-refractivity contribution in [1.29, 1.82) is 0 Å². The zero-order valence-electron chi connectivity index (χ0n) is 14.1. The van der Waals surface area contributed by atoms with Crippen LogP contribution in [-0.2, 0) is 19.5 Å². The minimum Gasteiger partial charge on any atom is -0.147 e. The molecule has 0 spiro atoms. The molecule has 0 amide bonds. The van der Waals surface area contributed by atoms with Gasteiger partial charge in [-0.25, -0.2) is 0 Å². The van der Waals surface area contributed by atoms with E-state index in [0.717, 1.165) is 11.1 Å². The largest absolute Gasteiger partial charge is 2.00 e. The van der Waals surface area contributed by atoms with Gasteiger partial charge in [0.1, 0.15) is 0 Å². The molecule has 0 aliphatic carbocycles. The monoisotopic (exact) mass is 370 g/mol. The third-order valence-electron chi connectivity index (χ3n) is 3.59. The maximum atomic E-state index is 3.18. The molecule has 0 N–H and O–H groups in total. The Labute approximate surface area is 162 Å². The summed E-state index contributed by atoms with van der Waals surface area (Å²) < 4.78 is 0. The molecule has 0 unspecified atom stereocenters. The molecule has 0 fully saturated rings. The van der Waals surface area contributed by atoms with Crippen molar-refractivity contribution in [3.05, 3.63) is 121 Å². The summed E-state index contributed by atoms with van der Waals surface area (Å²) in [5.41, 5.74) is 4.74. The minimum absolute atomic E-state index is 0. The van der Waals surface area contributed by atoms with Crippen LogP contribution in [0.5, 0.6) is 0 Å². The van der Waals surface area contributed by atoms with Crippen LogP contribution in [0.1, 0.15) is 0 Å². The van der Waals surface area contributed by atoms with Crippen LogP contribution in [0.2, 0.25) is 0 Å². The second kappa shape index (κ2) is 10.4. The summed E-state index contributed by atoms with van der Waals surface area (Å²) >= 11 is 0. The van der Waals surface area contributed by atoms with Crippen LogP contribution in [0.25, 0.3) is 22.3 Å². The summed E-state index contributed by atoms with van der Waals surface area (Å²) in [6.07, 6.45) is 0. The summed E-state index contributed by atoms with van der Waals surface area (Å²) in [6.45, 7) is 0. The number of rotatable bonds is 2. The fourth-order valence-corrected chi connectivity index (χ4v) is 2.38. The zero-order valence-corrected chi connectivity index (χ0v) is 17.1. The average Bonchev–Trinajstić information content (AvgIpc) is 2.71. The summed E-state index contributed by atoms with van der Waals surface area (Å²) in [5.74, 6) is 0. The molecule has 4 aromatic rings. The molecule has 4 aromatic carbocycles. The Bertz CT molecular complexity index is 676. The summed E-state index contributed by atoms with van der Waals surface area (Å²) in [7, 11) is 0. The Kier molecular flexibility index (Phi) is 7.82. The SMILES string of the molecule is [Zn+2].[c-]1ccccc1-c1ccccc1.[c-]1ccccc1-c1ccccc1. The quantitative estimate of drug-likeness (QED) is 0.286. The summed E-state index contributed by atoms with van der Waals surface area (Å²) in [4.78, 5) is 0. The van der Waals surface area contributed by atoms with Gasteiger partial charge in [-0.2, -0.15) is 0 Å². The predicted octanol–water partition coefficient (Wildman–Crippen LogP) is 6.31. The van der Waals surface area contributed by atoms with Crippen LogP contribution in [0.3, 0.4) is 0 Å². The molecule has 0 heterocycles. The summed E-state index contributed by atoms with van der Waals surface area (Å²) in [5, 5.41) is 0. The third kappa shape index (κ3) is 5.82. The fraction of sp³-hybridized carbons (Fsp3) is 0. The molecule has 0 aliphatic rings. The van der Waals surface area contributed by atoms with E-state index in [1.54, 1.807) is 0 Å². The third-order valence-corrected chi connectivity index (χ3v) is 3.59. The van der Waals surface area contributed by atoms with Crippen molar-refractivity contribution in [2.24, 2.45) is 0 Å². The van der Waals surface area contributed by atoms with Gasteiger partial charge in [-0.1, -0.05) is 71.8 Å². The van der Waals surface area contributed by atoms with Gasteiger partial charge in [0.05, 0.1) is 0 Å². The van der Waals surface area contributed by atoms with E-state index < -0.39 is 0 Å². The molecule has 0 nitrogen and oxygen atoms in total. The Morgan fingerprint density at radius 1 is 0.400 bits per heavy atom. The van der Waals surface area contributed by atoms with Crippen LogP contribution in [0.4, 0.5) is 0 Å². The van der Waals surface area contributed by atoms with Crippen LogP contribution in [0.15, 0.2) is 109 Å². The molecule has 0 saturated heterocycles. The Balaban J connectivity index is 0.000000173. The van der Waals surface area contributed by atoms with Gasteiger partial charge in [0.2, 0.25) is 0 Å². The number of hydrogen-bond donors (Lipinski definition) is 0. The van der Waals surface area contributed by atoms with Crippen molar-refractivity contribution in [3.63, 3.8) is 0 Å². The van der Waals surface area contributed by atoms with Gasteiger partial charge in [0, 0.05) is 0 Å². The van der Waals surface area contributed by atoms with Crippen molar-refractivity contribution < 1.29 is 19.5 Å². The molecular formula is C24H18Zn. The van der Waals surface area contributed by atoms with Gasteiger partial charge in [-0.15, -0.1) is 71.8 Å². The molecule has 0 aliphatic heterocycles. The predicted molar refractivity (Wildman–Crippen MR) is 101 cm³/mol. The first-order valence-electron chi connectivity index (χ1n) is 7.98. The first-order chi connectivity index (χ1) is 11.9. The Morgan fingerprint density at radius 2 is 0.760 bits per heavy atom. The van der Waals surface area contributed by atoms with Crippen molar-refractivity contribution >= 4 is 0 Å². The first kappa shape index (κ1) is 18.8. The fourth-order valence-electron chi connectivity index (χ4n) is 2.38. The first-order valence-corrected chi connectivity index (χ1v) is 7.98. The van der Waals surface area contributed by atoms with E-state index in [2.05, 4.69) is 48.5 Å². The van der Waals surface area contributed by atoms with E-state index in [9.17, 15) is 0 Å². The van der Waals surface area contributed by atoms with Crippen molar-refractivity contribution in [2.75, 3.05) is 0 Å². The Hall–Kier alpha value is -2.50. The second-order valence-electron chi connectivity index (χ2n) is 5.28. The van der Waals surface area contributed by atoms with E-state index in [1.165, 1.54) is 11.1 Å². The number of hydrogen-bond acceptors (Lipinski definition) is 0. The van der Waals surface area contributed by atoms with Gasteiger partial charge < -0.3 is 0 Å². The normalized spacial score (nSPS) is 9.28. The van der Waals surface area contributed by atoms with Crippen molar-refractivity contribution in [2.45, 2.75) is 0 Å². The van der Waals surface area contributed by atoms with Crippen LogP contribution in [0, 0.1) is 12.1 Å². The molecule has 4 rings (SSSR count). The molecule has 0 atom stereocenters. The second-order valence-corrected chi connectivity index (χ2v) is 5.28. The van der Waals surface area contributed by atoms with Crippen molar-refractivity contribution in [3.8, 4) is 22.3 Å². The van der Waals surface area contributed by atoms with E-state index in [0.29, 0.717) is 0 Å². The van der Waals surface area contributed by atoms with Gasteiger partial charge in [0.25, 0.3) is 0 Å². The van der Waals surface area contributed by atoms with E-state index in [4.69, 9.17) is 0 Å².